The normalized spacial score (nSPS) is 14.2. The van der Waals surface area contributed by atoms with Crippen LogP contribution in [0.2, 0.25) is 5.02 Å². The van der Waals surface area contributed by atoms with Gasteiger partial charge in [0.15, 0.2) is 0 Å². The SMILES string of the molecule is CC[C@@H](O)[C@@H](N)c1ccc(F)cc1Cl.Cl. The molecule has 0 heterocycles. The zero-order valence-corrected chi connectivity index (χ0v) is 9.86. The summed E-state index contributed by atoms with van der Waals surface area (Å²) in [6, 6.07) is 3.41. The lowest BCUT2D eigenvalue weighted by Gasteiger charge is -2.18. The number of aliphatic hydroxyl groups excluding tert-OH is 1. The minimum Gasteiger partial charge on any atom is -0.391 e. The molecule has 2 atom stereocenters. The lowest BCUT2D eigenvalue weighted by atomic mass is 10.0. The van der Waals surface area contributed by atoms with E-state index in [0.29, 0.717) is 12.0 Å². The number of rotatable bonds is 3. The molecule has 1 aromatic rings. The van der Waals surface area contributed by atoms with E-state index in [-0.39, 0.29) is 17.4 Å². The summed E-state index contributed by atoms with van der Waals surface area (Å²) in [6.07, 6.45) is -0.118. The third-order valence-electron chi connectivity index (χ3n) is 2.15. The Hall–Kier alpha value is -0.350. The second-order valence-corrected chi connectivity index (χ2v) is 3.57. The van der Waals surface area contributed by atoms with Gasteiger partial charge >= 0.3 is 0 Å². The fourth-order valence-electron chi connectivity index (χ4n) is 1.23. The van der Waals surface area contributed by atoms with E-state index < -0.39 is 18.0 Å². The molecule has 0 aliphatic rings. The Kier molecular flexibility index (Phi) is 6.13. The number of aliphatic hydroxyl groups is 1. The number of halogens is 3. The van der Waals surface area contributed by atoms with Gasteiger partial charge in [-0.15, -0.1) is 12.4 Å². The molecule has 86 valence electrons. The van der Waals surface area contributed by atoms with Crippen molar-refractivity contribution in [2.45, 2.75) is 25.5 Å². The number of nitrogens with two attached hydrogens (primary N) is 1. The molecule has 5 heteroatoms. The van der Waals surface area contributed by atoms with Gasteiger partial charge in [-0.3, -0.25) is 0 Å². The average Bonchev–Trinajstić information content (AvgIpc) is 2.15. The van der Waals surface area contributed by atoms with Gasteiger partial charge in [0, 0.05) is 5.02 Å². The van der Waals surface area contributed by atoms with Gasteiger partial charge in [-0.1, -0.05) is 24.6 Å². The molecule has 15 heavy (non-hydrogen) atoms. The van der Waals surface area contributed by atoms with Crippen LogP contribution in [0.25, 0.3) is 0 Å². The van der Waals surface area contributed by atoms with E-state index in [1.54, 1.807) is 0 Å². The predicted molar refractivity (Wildman–Crippen MR) is 61.9 cm³/mol. The summed E-state index contributed by atoms with van der Waals surface area (Å²) in [4.78, 5) is 0. The minimum absolute atomic E-state index is 0. The molecule has 0 saturated carbocycles. The zero-order chi connectivity index (χ0) is 10.7. The van der Waals surface area contributed by atoms with Crippen LogP contribution in [0.4, 0.5) is 4.39 Å². The van der Waals surface area contributed by atoms with E-state index >= 15 is 0 Å². The Balaban J connectivity index is 0.00000196. The Bertz CT molecular complexity index is 322. The first-order valence-corrected chi connectivity index (χ1v) is 4.82. The molecule has 0 aromatic heterocycles. The second kappa shape index (κ2) is 6.28. The van der Waals surface area contributed by atoms with Gasteiger partial charge in [0.05, 0.1) is 12.1 Å². The van der Waals surface area contributed by atoms with Crippen LogP contribution in [0, 0.1) is 5.82 Å². The summed E-state index contributed by atoms with van der Waals surface area (Å²) in [6.45, 7) is 1.82. The summed E-state index contributed by atoms with van der Waals surface area (Å²) in [5.41, 5.74) is 6.31. The van der Waals surface area contributed by atoms with Gasteiger partial charge in [-0.2, -0.15) is 0 Å². The van der Waals surface area contributed by atoms with Crippen LogP contribution in [-0.2, 0) is 0 Å². The fourth-order valence-corrected chi connectivity index (χ4v) is 1.53. The molecule has 0 radical (unpaired) electrons. The van der Waals surface area contributed by atoms with Crippen molar-refractivity contribution in [3.05, 3.63) is 34.6 Å². The first kappa shape index (κ1) is 14.6. The van der Waals surface area contributed by atoms with Crippen LogP contribution in [0.5, 0.6) is 0 Å². The van der Waals surface area contributed by atoms with Crippen molar-refractivity contribution in [2.24, 2.45) is 5.73 Å². The van der Waals surface area contributed by atoms with Crippen LogP contribution in [0.3, 0.4) is 0 Å². The minimum atomic E-state index is -0.655. The second-order valence-electron chi connectivity index (χ2n) is 3.17. The molecular weight excluding hydrogens is 240 g/mol. The molecule has 0 spiro atoms. The van der Waals surface area contributed by atoms with Gasteiger partial charge in [-0.05, 0) is 24.1 Å². The third-order valence-corrected chi connectivity index (χ3v) is 2.48. The molecule has 0 unspecified atom stereocenters. The van der Waals surface area contributed by atoms with Crippen molar-refractivity contribution in [1.82, 2.24) is 0 Å². The molecule has 3 N–H and O–H groups in total. The molecule has 0 fully saturated rings. The largest absolute Gasteiger partial charge is 0.391 e. The van der Waals surface area contributed by atoms with Crippen molar-refractivity contribution >= 4 is 24.0 Å². The molecule has 0 bridgehead atoms. The molecular formula is C10H14Cl2FNO. The molecule has 2 nitrogen and oxygen atoms in total. The summed E-state index contributed by atoms with van der Waals surface area (Å²) in [7, 11) is 0. The lowest BCUT2D eigenvalue weighted by Crippen LogP contribution is -2.25. The number of benzene rings is 1. The monoisotopic (exact) mass is 253 g/mol. The van der Waals surface area contributed by atoms with Crippen molar-refractivity contribution in [1.29, 1.82) is 0 Å². The predicted octanol–water partition coefficient (Wildman–Crippen LogP) is 2.67. The van der Waals surface area contributed by atoms with E-state index in [2.05, 4.69) is 0 Å². The molecule has 0 aliphatic carbocycles. The maximum Gasteiger partial charge on any atom is 0.124 e. The van der Waals surface area contributed by atoms with Crippen molar-refractivity contribution < 1.29 is 9.50 Å². The highest BCUT2D eigenvalue weighted by atomic mass is 35.5. The standard InChI is InChI=1S/C10H13ClFNO.ClH/c1-2-9(14)10(13)7-4-3-6(12)5-8(7)11;/h3-5,9-10,14H,2,13H2,1H3;1H/t9-,10+;/m1./s1. The van der Waals surface area contributed by atoms with Crippen LogP contribution in [0.15, 0.2) is 18.2 Å². The van der Waals surface area contributed by atoms with Crippen LogP contribution >= 0.6 is 24.0 Å². The number of hydrogen-bond donors (Lipinski definition) is 2. The van der Waals surface area contributed by atoms with E-state index in [4.69, 9.17) is 17.3 Å². The molecule has 0 saturated heterocycles. The van der Waals surface area contributed by atoms with Gasteiger partial charge < -0.3 is 10.8 Å². The third kappa shape index (κ3) is 3.61. The maximum absolute atomic E-state index is 12.7. The summed E-state index contributed by atoms with van der Waals surface area (Å²) in [5, 5.41) is 9.75. The van der Waals surface area contributed by atoms with Crippen molar-refractivity contribution in [2.75, 3.05) is 0 Å². The van der Waals surface area contributed by atoms with Crippen LogP contribution in [-0.4, -0.2) is 11.2 Å². The van der Waals surface area contributed by atoms with Crippen molar-refractivity contribution in [3.8, 4) is 0 Å². The summed E-state index contributed by atoms with van der Waals surface area (Å²) in [5.74, 6) is -0.406. The molecule has 0 amide bonds. The lowest BCUT2D eigenvalue weighted by molar-refractivity contribution is 0.140. The Morgan fingerprint density at radius 2 is 2.13 bits per heavy atom. The molecule has 0 aliphatic heterocycles. The fraction of sp³-hybridized carbons (Fsp3) is 0.400. The van der Waals surface area contributed by atoms with Gasteiger partial charge in [0.2, 0.25) is 0 Å². The van der Waals surface area contributed by atoms with Gasteiger partial charge in [0.1, 0.15) is 5.82 Å². The van der Waals surface area contributed by atoms with E-state index in [9.17, 15) is 9.50 Å². The van der Waals surface area contributed by atoms with Gasteiger partial charge in [-0.25, -0.2) is 4.39 Å². The average molecular weight is 254 g/mol. The maximum atomic E-state index is 12.7. The first-order chi connectivity index (χ1) is 6.56. The van der Waals surface area contributed by atoms with Crippen LogP contribution in [0.1, 0.15) is 24.9 Å². The summed E-state index contributed by atoms with van der Waals surface area (Å²) < 4.78 is 12.7. The van der Waals surface area contributed by atoms with Crippen LogP contribution < -0.4 is 5.73 Å². The summed E-state index contributed by atoms with van der Waals surface area (Å²) >= 11 is 5.79. The smallest absolute Gasteiger partial charge is 0.124 e. The Labute approximate surface area is 99.6 Å². The van der Waals surface area contributed by atoms with Crippen molar-refractivity contribution in [3.63, 3.8) is 0 Å². The Morgan fingerprint density at radius 1 is 1.53 bits per heavy atom. The zero-order valence-electron chi connectivity index (χ0n) is 8.28. The van der Waals surface area contributed by atoms with E-state index in [1.807, 2.05) is 6.92 Å². The quantitative estimate of drug-likeness (QED) is 0.871. The topological polar surface area (TPSA) is 46.2 Å². The van der Waals surface area contributed by atoms with Gasteiger partial charge in [0.25, 0.3) is 0 Å². The molecule has 1 rings (SSSR count). The van der Waals surface area contributed by atoms with E-state index in [0.717, 1.165) is 0 Å². The highest BCUT2D eigenvalue weighted by molar-refractivity contribution is 6.31. The highest BCUT2D eigenvalue weighted by Crippen LogP contribution is 2.25. The first-order valence-electron chi connectivity index (χ1n) is 4.44. The molecule has 1 aromatic carbocycles. The Morgan fingerprint density at radius 3 is 2.60 bits per heavy atom. The number of hydrogen-bond acceptors (Lipinski definition) is 2. The highest BCUT2D eigenvalue weighted by Gasteiger charge is 2.17. The van der Waals surface area contributed by atoms with E-state index in [1.165, 1.54) is 18.2 Å².